The molecule has 0 aromatic carbocycles. The highest BCUT2D eigenvalue weighted by Gasteiger charge is 2.24. The van der Waals surface area contributed by atoms with E-state index >= 15 is 0 Å². The molecule has 0 saturated heterocycles. The van der Waals surface area contributed by atoms with Crippen molar-refractivity contribution in [1.29, 1.82) is 0 Å². The van der Waals surface area contributed by atoms with Gasteiger partial charge in [-0.25, -0.2) is 4.79 Å². The number of Topliss-reactive ketones (excluding diaryl/α,β-unsaturated/α-hetero) is 1. The van der Waals surface area contributed by atoms with Gasteiger partial charge in [0, 0.05) is 20.1 Å². The predicted octanol–water partition coefficient (Wildman–Crippen LogP) is 1.05. The first-order valence-electron chi connectivity index (χ1n) is 8.96. The van der Waals surface area contributed by atoms with Crippen LogP contribution in [0.4, 0.5) is 5.82 Å². The number of anilines is 1. The van der Waals surface area contributed by atoms with Crippen LogP contribution in [0.3, 0.4) is 0 Å². The fraction of sp³-hybridized carbons (Fsp3) is 0.588. The zero-order valence-corrected chi connectivity index (χ0v) is 16.6. The summed E-state index contributed by atoms with van der Waals surface area (Å²) in [4.78, 5) is 36.9. The largest absolute Gasteiger partial charge is 0.384 e. The molecule has 2 N–H and O–H groups in total. The Kier molecular flexibility index (Phi) is 5.54. The summed E-state index contributed by atoms with van der Waals surface area (Å²) in [5, 5.41) is 9.04. The lowest BCUT2D eigenvalue weighted by molar-refractivity contribution is 0.102. The molecule has 10 heteroatoms. The van der Waals surface area contributed by atoms with Crippen molar-refractivity contribution in [3.63, 3.8) is 0 Å². The van der Waals surface area contributed by atoms with Crippen LogP contribution in [0, 0.1) is 6.92 Å². The molecule has 0 amide bonds. The van der Waals surface area contributed by atoms with Gasteiger partial charge in [-0.15, -0.1) is 10.2 Å². The first-order chi connectivity index (χ1) is 12.8. The minimum atomic E-state index is -0.675. The molecule has 27 heavy (non-hydrogen) atoms. The molecular weight excluding hydrogens is 368 g/mol. The van der Waals surface area contributed by atoms with E-state index in [0.29, 0.717) is 11.2 Å². The Bertz CT molecular complexity index is 984. The number of nitrogen functional groups attached to an aromatic ring is 1. The van der Waals surface area contributed by atoms with Gasteiger partial charge >= 0.3 is 5.69 Å². The molecule has 1 aliphatic rings. The highest BCUT2D eigenvalue weighted by atomic mass is 32.2. The summed E-state index contributed by atoms with van der Waals surface area (Å²) in [6, 6.07) is 0.349. The molecule has 1 aliphatic carbocycles. The van der Waals surface area contributed by atoms with Crippen molar-refractivity contribution in [2.45, 2.75) is 50.2 Å². The van der Waals surface area contributed by atoms with E-state index in [2.05, 4.69) is 14.8 Å². The number of carbonyl (C=O) groups excluding carboxylic acids is 1. The molecular formula is C17H24N6O3S. The van der Waals surface area contributed by atoms with Gasteiger partial charge in [0.2, 0.25) is 0 Å². The second kappa shape index (κ2) is 7.71. The molecule has 0 unspecified atom stereocenters. The summed E-state index contributed by atoms with van der Waals surface area (Å²) in [7, 11) is 2.77. The second-order valence-electron chi connectivity index (χ2n) is 6.87. The van der Waals surface area contributed by atoms with Crippen LogP contribution in [0.1, 0.15) is 54.3 Å². The van der Waals surface area contributed by atoms with E-state index in [-0.39, 0.29) is 17.1 Å². The number of aryl methyl sites for hydroxylation is 1. The fourth-order valence-corrected chi connectivity index (χ4v) is 4.46. The Morgan fingerprint density at radius 2 is 1.81 bits per heavy atom. The molecule has 0 bridgehead atoms. The maximum Gasteiger partial charge on any atom is 0.332 e. The minimum absolute atomic E-state index is 0.00248. The summed E-state index contributed by atoms with van der Waals surface area (Å²) in [6.45, 7) is 1.91. The van der Waals surface area contributed by atoms with Gasteiger partial charge in [0.05, 0.1) is 5.75 Å². The SMILES string of the molecule is Cc1nnc(SCC(=O)c2c(N)n(C)c(=O)n(C)c2=O)n1C1CCCCC1. The smallest absolute Gasteiger partial charge is 0.332 e. The van der Waals surface area contributed by atoms with Gasteiger partial charge in [-0.2, -0.15) is 0 Å². The van der Waals surface area contributed by atoms with Crippen molar-refractivity contribution in [2.24, 2.45) is 14.1 Å². The average Bonchev–Trinajstić information content (AvgIpc) is 3.04. The van der Waals surface area contributed by atoms with Crippen molar-refractivity contribution in [1.82, 2.24) is 23.9 Å². The van der Waals surface area contributed by atoms with Gasteiger partial charge in [0.1, 0.15) is 17.2 Å². The van der Waals surface area contributed by atoms with Crippen molar-refractivity contribution in [3.05, 3.63) is 32.2 Å². The number of thioether (sulfide) groups is 1. The van der Waals surface area contributed by atoms with Gasteiger partial charge in [0.25, 0.3) is 5.56 Å². The van der Waals surface area contributed by atoms with E-state index < -0.39 is 17.0 Å². The molecule has 2 heterocycles. The third-order valence-corrected chi connectivity index (χ3v) is 6.04. The van der Waals surface area contributed by atoms with Gasteiger partial charge in [-0.1, -0.05) is 31.0 Å². The molecule has 0 spiro atoms. The lowest BCUT2D eigenvalue weighted by atomic mass is 9.95. The summed E-state index contributed by atoms with van der Waals surface area (Å²) in [5.74, 6) is 0.292. The van der Waals surface area contributed by atoms with E-state index in [9.17, 15) is 14.4 Å². The van der Waals surface area contributed by atoms with E-state index in [0.717, 1.165) is 27.8 Å². The lowest BCUT2D eigenvalue weighted by Crippen LogP contribution is -2.41. The summed E-state index contributed by atoms with van der Waals surface area (Å²) in [5.41, 5.74) is 4.46. The Hall–Kier alpha value is -2.36. The van der Waals surface area contributed by atoms with E-state index in [1.165, 1.54) is 45.1 Å². The monoisotopic (exact) mass is 392 g/mol. The average molecular weight is 392 g/mol. The third-order valence-electron chi connectivity index (χ3n) is 5.10. The second-order valence-corrected chi connectivity index (χ2v) is 7.81. The number of nitrogens with zero attached hydrogens (tertiary/aromatic N) is 5. The molecule has 0 aliphatic heterocycles. The van der Waals surface area contributed by atoms with E-state index in [1.807, 2.05) is 6.92 Å². The standard InChI is InChI=1S/C17H24N6O3S/c1-10-19-20-16(23(10)11-7-5-4-6-8-11)27-9-12(24)13-14(18)21(2)17(26)22(3)15(13)25/h11H,4-9,18H2,1-3H3. The molecule has 0 radical (unpaired) electrons. The summed E-state index contributed by atoms with van der Waals surface area (Å²) in [6.07, 6.45) is 5.75. The normalized spacial score (nSPS) is 15.2. The van der Waals surface area contributed by atoms with Crippen LogP contribution < -0.4 is 17.0 Å². The Labute approximate surface area is 160 Å². The summed E-state index contributed by atoms with van der Waals surface area (Å²) >= 11 is 1.25. The maximum atomic E-state index is 12.7. The number of aromatic nitrogens is 5. The Morgan fingerprint density at radius 3 is 2.48 bits per heavy atom. The number of hydrogen-bond donors (Lipinski definition) is 1. The molecule has 1 fully saturated rings. The third kappa shape index (κ3) is 3.58. The van der Waals surface area contributed by atoms with Gasteiger partial charge in [-0.3, -0.25) is 18.7 Å². The van der Waals surface area contributed by atoms with Crippen LogP contribution in [0.25, 0.3) is 0 Å². The van der Waals surface area contributed by atoms with Crippen molar-refractivity contribution >= 4 is 23.4 Å². The van der Waals surface area contributed by atoms with Crippen LogP contribution in [0.5, 0.6) is 0 Å². The lowest BCUT2D eigenvalue weighted by Gasteiger charge is -2.24. The van der Waals surface area contributed by atoms with Crippen LogP contribution in [-0.2, 0) is 14.1 Å². The number of rotatable bonds is 5. The molecule has 1 saturated carbocycles. The van der Waals surface area contributed by atoms with E-state index in [1.54, 1.807) is 0 Å². The highest BCUT2D eigenvalue weighted by molar-refractivity contribution is 7.99. The predicted molar refractivity (Wildman–Crippen MR) is 103 cm³/mol. The number of ketones is 1. The van der Waals surface area contributed by atoms with Crippen LogP contribution >= 0.6 is 11.8 Å². The molecule has 146 valence electrons. The van der Waals surface area contributed by atoms with Gasteiger partial charge in [0.15, 0.2) is 10.9 Å². The quantitative estimate of drug-likeness (QED) is 0.597. The van der Waals surface area contributed by atoms with Gasteiger partial charge < -0.3 is 10.3 Å². The van der Waals surface area contributed by atoms with Gasteiger partial charge in [-0.05, 0) is 19.8 Å². The molecule has 9 nitrogen and oxygen atoms in total. The first kappa shape index (κ1) is 19.4. The van der Waals surface area contributed by atoms with Crippen molar-refractivity contribution < 1.29 is 4.79 Å². The van der Waals surface area contributed by atoms with Crippen LogP contribution in [0.2, 0.25) is 0 Å². The van der Waals surface area contributed by atoms with Crippen LogP contribution in [0.15, 0.2) is 14.7 Å². The first-order valence-corrected chi connectivity index (χ1v) is 9.94. The highest BCUT2D eigenvalue weighted by Crippen LogP contribution is 2.32. The number of nitrogens with two attached hydrogens (primary N) is 1. The zero-order chi connectivity index (χ0) is 19.7. The number of hydrogen-bond acceptors (Lipinski definition) is 7. The Balaban J connectivity index is 1.84. The molecule has 3 rings (SSSR count). The van der Waals surface area contributed by atoms with Crippen molar-refractivity contribution in [3.8, 4) is 0 Å². The number of carbonyl (C=O) groups is 1. The topological polar surface area (TPSA) is 118 Å². The summed E-state index contributed by atoms with van der Waals surface area (Å²) < 4.78 is 4.09. The van der Waals surface area contributed by atoms with E-state index in [4.69, 9.17) is 5.73 Å². The molecule has 0 atom stereocenters. The van der Waals surface area contributed by atoms with Crippen molar-refractivity contribution in [2.75, 3.05) is 11.5 Å². The maximum absolute atomic E-state index is 12.7. The zero-order valence-electron chi connectivity index (χ0n) is 15.8. The minimum Gasteiger partial charge on any atom is -0.384 e. The fourth-order valence-electron chi connectivity index (χ4n) is 3.53. The molecule has 2 aromatic rings. The molecule has 2 aromatic heterocycles. The Morgan fingerprint density at radius 1 is 1.15 bits per heavy atom. The van der Waals surface area contributed by atoms with Crippen LogP contribution in [-0.4, -0.2) is 35.4 Å².